The lowest BCUT2D eigenvalue weighted by Gasteiger charge is -2.04. The Morgan fingerprint density at radius 3 is 3.15 bits per heavy atom. The van der Waals surface area contributed by atoms with Crippen LogP contribution >= 0.6 is 11.6 Å². The zero-order valence-corrected chi connectivity index (χ0v) is 8.46. The zero-order chi connectivity index (χ0) is 9.26. The van der Waals surface area contributed by atoms with E-state index in [1.807, 2.05) is 10.9 Å². The summed E-state index contributed by atoms with van der Waals surface area (Å²) < 4.78 is 2.01. The van der Waals surface area contributed by atoms with Gasteiger partial charge in [0.05, 0.1) is 11.1 Å². The van der Waals surface area contributed by atoms with Gasteiger partial charge in [0.2, 0.25) is 0 Å². The van der Waals surface area contributed by atoms with Gasteiger partial charge < -0.3 is 0 Å². The van der Waals surface area contributed by atoms with Crippen LogP contribution in [0.5, 0.6) is 0 Å². The van der Waals surface area contributed by atoms with Gasteiger partial charge >= 0.3 is 0 Å². The van der Waals surface area contributed by atoms with Gasteiger partial charge in [-0.1, -0.05) is 6.08 Å². The molecule has 1 atom stereocenters. The summed E-state index contributed by atoms with van der Waals surface area (Å²) >= 11 is 6.01. The molecule has 1 aliphatic carbocycles. The van der Waals surface area contributed by atoms with Crippen LogP contribution in [0.15, 0.2) is 18.3 Å². The molecule has 2 nitrogen and oxygen atoms in total. The van der Waals surface area contributed by atoms with Crippen molar-refractivity contribution in [3.63, 3.8) is 0 Å². The van der Waals surface area contributed by atoms with E-state index < -0.39 is 0 Å². The Kier molecular flexibility index (Phi) is 2.40. The van der Waals surface area contributed by atoms with Crippen LogP contribution in [0, 0.1) is 0 Å². The molecule has 1 aromatic heterocycles. The lowest BCUT2D eigenvalue weighted by Crippen LogP contribution is -2.00. The summed E-state index contributed by atoms with van der Waals surface area (Å²) in [5.74, 6) is 0. The number of allylic oxidation sites excluding steroid dienone is 2. The quantitative estimate of drug-likeness (QED) is 0.666. The molecule has 0 amide bonds. The van der Waals surface area contributed by atoms with Gasteiger partial charge in [-0.2, -0.15) is 5.10 Å². The second kappa shape index (κ2) is 3.54. The number of aryl methyl sites for hydroxylation is 1. The Bertz CT molecular complexity index is 327. The predicted molar refractivity (Wildman–Crippen MR) is 54.8 cm³/mol. The predicted octanol–water partition coefficient (Wildman–Crippen LogP) is 2.69. The third kappa shape index (κ3) is 1.63. The number of hydrogen-bond donors (Lipinski definition) is 0. The molecular weight excluding hydrogens is 184 g/mol. The largest absolute Gasteiger partial charge is 0.266 e. The average molecular weight is 197 g/mol. The van der Waals surface area contributed by atoms with Crippen molar-refractivity contribution in [2.75, 3.05) is 0 Å². The maximum absolute atomic E-state index is 6.01. The Balaban J connectivity index is 2.30. The molecule has 0 bridgehead atoms. The fourth-order valence-electron chi connectivity index (χ4n) is 1.75. The highest BCUT2D eigenvalue weighted by Crippen LogP contribution is 2.30. The third-order valence-corrected chi connectivity index (χ3v) is 2.76. The van der Waals surface area contributed by atoms with E-state index in [2.05, 4.69) is 24.2 Å². The summed E-state index contributed by atoms with van der Waals surface area (Å²) in [5, 5.41) is 4.45. The average Bonchev–Trinajstić information content (AvgIpc) is 2.71. The van der Waals surface area contributed by atoms with Crippen molar-refractivity contribution in [1.82, 2.24) is 9.78 Å². The van der Waals surface area contributed by atoms with E-state index in [0.717, 1.165) is 19.4 Å². The van der Waals surface area contributed by atoms with Gasteiger partial charge in [0.25, 0.3) is 0 Å². The zero-order valence-electron chi connectivity index (χ0n) is 7.70. The van der Waals surface area contributed by atoms with E-state index in [1.165, 1.54) is 11.3 Å². The standard InChI is InChI=1S/C10H13ClN2/c1-2-13-10(5-6-12-13)8-3-4-9(11)7-8/h5-7,9H,2-4H2,1H3. The minimum atomic E-state index is 0.218. The fourth-order valence-corrected chi connectivity index (χ4v) is 2.01. The van der Waals surface area contributed by atoms with Gasteiger partial charge in [0, 0.05) is 12.7 Å². The minimum Gasteiger partial charge on any atom is -0.266 e. The maximum Gasteiger partial charge on any atom is 0.0639 e. The molecule has 3 heteroatoms. The Hall–Kier alpha value is -0.760. The Labute approximate surface area is 83.2 Å². The van der Waals surface area contributed by atoms with Gasteiger partial charge in [-0.15, -0.1) is 11.6 Å². The highest BCUT2D eigenvalue weighted by atomic mass is 35.5. The van der Waals surface area contributed by atoms with E-state index in [-0.39, 0.29) is 5.38 Å². The third-order valence-electron chi connectivity index (χ3n) is 2.42. The molecule has 0 radical (unpaired) electrons. The number of nitrogens with zero attached hydrogens (tertiary/aromatic N) is 2. The normalized spacial score (nSPS) is 22.0. The van der Waals surface area contributed by atoms with Crippen molar-refractivity contribution in [3.8, 4) is 0 Å². The van der Waals surface area contributed by atoms with Gasteiger partial charge in [-0.3, -0.25) is 4.68 Å². The van der Waals surface area contributed by atoms with Crippen molar-refractivity contribution in [2.45, 2.75) is 31.7 Å². The van der Waals surface area contributed by atoms with Crippen LogP contribution in [0.25, 0.3) is 5.57 Å². The van der Waals surface area contributed by atoms with E-state index >= 15 is 0 Å². The van der Waals surface area contributed by atoms with E-state index in [9.17, 15) is 0 Å². The molecule has 0 aliphatic heterocycles. The summed E-state index contributed by atoms with van der Waals surface area (Å²) in [6.45, 7) is 3.02. The van der Waals surface area contributed by atoms with Gasteiger partial charge in [-0.05, 0) is 31.4 Å². The van der Waals surface area contributed by atoms with Crippen LogP contribution in [0.2, 0.25) is 0 Å². The van der Waals surface area contributed by atoms with E-state index in [1.54, 1.807) is 0 Å². The SMILES string of the molecule is CCn1nccc1C1=CC(Cl)CC1. The van der Waals surface area contributed by atoms with Gasteiger partial charge in [0.1, 0.15) is 0 Å². The monoisotopic (exact) mass is 196 g/mol. The molecule has 0 aromatic carbocycles. The molecule has 0 spiro atoms. The number of aromatic nitrogens is 2. The van der Waals surface area contributed by atoms with Crippen molar-refractivity contribution >= 4 is 17.2 Å². The molecule has 1 aliphatic rings. The first-order valence-corrected chi connectivity index (χ1v) is 5.12. The minimum absolute atomic E-state index is 0.218. The lowest BCUT2D eigenvalue weighted by atomic mass is 10.2. The van der Waals surface area contributed by atoms with E-state index in [0.29, 0.717) is 0 Å². The summed E-state index contributed by atoms with van der Waals surface area (Å²) in [6, 6.07) is 2.06. The number of rotatable bonds is 2. The van der Waals surface area contributed by atoms with Crippen LogP contribution < -0.4 is 0 Å². The topological polar surface area (TPSA) is 17.8 Å². The molecule has 2 rings (SSSR count). The molecule has 0 N–H and O–H groups in total. The second-order valence-electron chi connectivity index (χ2n) is 3.28. The molecule has 1 aromatic rings. The Morgan fingerprint density at radius 1 is 1.69 bits per heavy atom. The maximum atomic E-state index is 6.01. The van der Waals surface area contributed by atoms with Crippen LogP contribution in [0.3, 0.4) is 0 Å². The summed E-state index contributed by atoms with van der Waals surface area (Å²) in [5.41, 5.74) is 2.57. The Morgan fingerprint density at radius 2 is 2.54 bits per heavy atom. The van der Waals surface area contributed by atoms with Gasteiger partial charge in [-0.25, -0.2) is 0 Å². The number of halogens is 1. The molecule has 1 heterocycles. The van der Waals surface area contributed by atoms with Gasteiger partial charge in [0.15, 0.2) is 0 Å². The second-order valence-corrected chi connectivity index (χ2v) is 3.84. The smallest absolute Gasteiger partial charge is 0.0639 e. The lowest BCUT2D eigenvalue weighted by molar-refractivity contribution is 0.650. The van der Waals surface area contributed by atoms with E-state index in [4.69, 9.17) is 11.6 Å². The first kappa shape index (κ1) is 8.82. The van der Waals surface area contributed by atoms with Crippen molar-refractivity contribution < 1.29 is 0 Å². The highest BCUT2D eigenvalue weighted by molar-refractivity contribution is 6.22. The summed E-state index contributed by atoms with van der Waals surface area (Å²) in [6.07, 6.45) is 6.14. The van der Waals surface area contributed by atoms with Crippen LogP contribution in [-0.4, -0.2) is 15.2 Å². The summed E-state index contributed by atoms with van der Waals surface area (Å²) in [4.78, 5) is 0. The molecule has 0 saturated heterocycles. The molecule has 13 heavy (non-hydrogen) atoms. The van der Waals surface area contributed by atoms with Crippen LogP contribution in [-0.2, 0) is 6.54 Å². The first-order valence-electron chi connectivity index (χ1n) is 4.68. The molecular formula is C10H13ClN2. The van der Waals surface area contributed by atoms with Crippen LogP contribution in [0.4, 0.5) is 0 Å². The molecule has 1 unspecified atom stereocenters. The molecule has 70 valence electrons. The number of alkyl halides is 1. The van der Waals surface area contributed by atoms with Crippen molar-refractivity contribution in [3.05, 3.63) is 24.0 Å². The van der Waals surface area contributed by atoms with Crippen molar-refractivity contribution in [1.29, 1.82) is 0 Å². The van der Waals surface area contributed by atoms with Crippen molar-refractivity contribution in [2.24, 2.45) is 0 Å². The van der Waals surface area contributed by atoms with Crippen LogP contribution in [0.1, 0.15) is 25.5 Å². The highest BCUT2D eigenvalue weighted by Gasteiger charge is 2.16. The molecule has 0 saturated carbocycles. The molecule has 0 fully saturated rings. The summed E-state index contributed by atoms with van der Waals surface area (Å²) in [7, 11) is 0. The first-order chi connectivity index (χ1) is 6.31. The fraction of sp³-hybridized carbons (Fsp3) is 0.500. The number of hydrogen-bond acceptors (Lipinski definition) is 1.